The van der Waals surface area contributed by atoms with E-state index in [0.717, 1.165) is 4.90 Å². The van der Waals surface area contributed by atoms with Crippen LogP contribution in [-0.4, -0.2) is 54.7 Å². The third-order valence-electron chi connectivity index (χ3n) is 1.96. The van der Waals surface area contributed by atoms with E-state index in [0.29, 0.717) is 0 Å². The third kappa shape index (κ3) is 1.94. The Morgan fingerprint density at radius 2 is 2.23 bits per heavy atom. The number of ether oxygens (including phenoxy) is 1. The van der Waals surface area contributed by atoms with Gasteiger partial charge in [-0.2, -0.15) is 0 Å². The Hall–Kier alpha value is -0.750. The van der Waals surface area contributed by atoms with Gasteiger partial charge >= 0.3 is 0 Å². The third-order valence-corrected chi connectivity index (χ3v) is 1.96. The second-order valence-corrected chi connectivity index (χ2v) is 3.09. The van der Waals surface area contributed by atoms with E-state index in [1.54, 1.807) is 0 Å². The van der Waals surface area contributed by atoms with Gasteiger partial charge in [-0.05, 0) is 0 Å². The molecule has 1 aliphatic rings. The fourth-order valence-electron chi connectivity index (χ4n) is 1.14. The number of rotatable bonds is 3. The molecule has 0 aromatic heterocycles. The molecule has 0 spiro atoms. The van der Waals surface area contributed by atoms with E-state index in [2.05, 4.69) is 4.74 Å². The van der Waals surface area contributed by atoms with Crippen molar-refractivity contribution in [3.05, 3.63) is 0 Å². The number of hydrogen-bond donors (Lipinski definition) is 1. The van der Waals surface area contributed by atoms with Crippen LogP contribution >= 0.6 is 0 Å². The molecule has 6 heteroatoms. The van der Waals surface area contributed by atoms with E-state index in [1.807, 2.05) is 0 Å². The molecule has 0 unspecified atom stereocenters. The molecule has 1 saturated heterocycles. The van der Waals surface area contributed by atoms with Crippen molar-refractivity contribution >= 4 is 5.91 Å². The van der Waals surface area contributed by atoms with Gasteiger partial charge in [0.1, 0.15) is 6.61 Å². The normalized spacial score (nSPS) is 20.2. The fourth-order valence-corrected chi connectivity index (χ4v) is 1.14. The van der Waals surface area contributed by atoms with Crippen molar-refractivity contribution in [2.75, 3.05) is 26.8 Å². The molecule has 1 aliphatic heterocycles. The molecular weight excluding hydrogens is 184 g/mol. The summed E-state index contributed by atoms with van der Waals surface area (Å²) in [5, 5.41) is 9.09. The number of β-amino-alcohol motifs (C(OH)–C–C–N with tert-alkyl or cyclic N) is 1. The molecule has 1 N–H and O–H groups in total. The molecule has 1 heterocycles. The average Bonchev–Trinajstić information content (AvgIpc) is 1.98. The highest BCUT2D eigenvalue weighted by molar-refractivity contribution is 5.78. The Morgan fingerprint density at radius 1 is 1.69 bits per heavy atom. The van der Waals surface area contributed by atoms with E-state index >= 15 is 0 Å². The molecule has 4 nitrogen and oxygen atoms in total. The number of nitrogens with zero attached hydrogens (tertiary/aromatic N) is 1. The summed E-state index contributed by atoms with van der Waals surface area (Å²) in [6.07, 6.45) is -2.81. The highest BCUT2D eigenvalue weighted by atomic mass is 19.3. The van der Waals surface area contributed by atoms with Gasteiger partial charge in [0.15, 0.2) is 5.60 Å². The maximum absolute atomic E-state index is 12.1. The van der Waals surface area contributed by atoms with Gasteiger partial charge in [0.05, 0.1) is 13.1 Å². The van der Waals surface area contributed by atoms with Gasteiger partial charge in [-0.15, -0.1) is 0 Å². The van der Waals surface area contributed by atoms with Crippen LogP contribution in [0.3, 0.4) is 0 Å². The minimum absolute atomic E-state index is 0.140. The summed E-state index contributed by atoms with van der Waals surface area (Å²) in [5.74, 6) is -0.382. The van der Waals surface area contributed by atoms with Crippen LogP contribution < -0.4 is 0 Å². The number of methoxy groups -OCH3 is 1. The van der Waals surface area contributed by atoms with Crippen LogP contribution in [0.1, 0.15) is 0 Å². The first-order valence-corrected chi connectivity index (χ1v) is 3.77. The molecule has 13 heavy (non-hydrogen) atoms. The lowest BCUT2D eigenvalue weighted by Crippen LogP contribution is -2.67. The zero-order valence-corrected chi connectivity index (χ0v) is 7.17. The number of carbonyl (C=O) groups is 1. The molecule has 0 bridgehead atoms. The Morgan fingerprint density at radius 3 is 2.62 bits per heavy atom. The van der Waals surface area contributed by atoms with Crippen molar-refractivity contribution in [3.63, 3.8) is 0 Å². The number of likely N-dealkylation sites (tertiary alicyclic amines) is 1. The van der Waals surface area contributed by atoms with Crippen LogP contribution in [0, 0.1) is 0 Å². The first-order chi connectivity index (χ1) is 5.99. The zero-order chi connectivity index (χ0) is 10.1. The van der Waals surface area contributed by atoms with Crippen molar-refractivity contribution in [2.24, 2.45) is 0 Å². The quantitative estimate of drug-likeness (QED) is 0.658. The number of carbonyl (C=O) groups excluding carboxylic acids is 1. The van der Waals surface area contributed by atoms with Gasteiger partial charge in [0, 0.05) is 7.11 Å². The average molecular weight is 195 g/mol. The Balaban J connectivity index is 2.36. The van der Waals surface area contributed by atoms with Crippen molar-refractivity contribution in [3.8, 4) is 0 Å². The van der Waals surface area contributed by atoms with E-state index in [1.165, 1.54) is 7.11 Å². The van der Waals surface area contributed by atoms with E-state index in [9.17, 15) is 13.6 Å². The molecule has 1 fully saturated rings. The predicted molar refractivity (Wildman–Crippen MR) is 39.4 cm³/mol. The maximum atomic E-state index is 12.1. The van der Waals surface area contributed by atoms with Crippen molar-refractivity contribution in [1.82, 2.24) is 4.90 Å². The minimum atomic E-state index is -2.81. The molecule has 0 aromatic rings. The summed E-state index contributed by atoms with van der Waals surface area (Å²) in [7, 11) is 1.34. The molecule has 1 amide bonds. The summed E-state index contributed by atoms with van der Waals surface area (Å²) in [6.45, 7) is -0.765. The lowest BCUT2D eigenvalue weighted by molar-refractivity contribution is -0.190. The summed E-state index contributed by atoms with van der Waals surface area (Å²) < 4.78 is 28.7. The van der Waals surface area contributed by atoms with Gasteiger partial charge < -0.3 is 14.7 Å². The van der Waals surface area contributed by atoms with Gasteiger partial charge in [-0.3, -0.25) is 4.79 Å². The first kappa shape index (κ1) is 10.3. The largest absolute Gasteiger partial charge is 0.380 e. The van der Waals surface area contributed by atoms with Gasteiger partial charge in [-0.25, -0.2) is 8.78 Å². The summed E-state index contributed by atoms with van der Waals surface area (Å²) in [5.41, 5.74) is -2.01. The first-order valence-electron chi connectivity index (χ1n) is 3.77. The summed E-state index contributed by atoms with van der Waals surface area (Å²) in [4.78, 5) is 12.1. The SMILES string of the molecule is COCC(=O)N1CC(O)(C(F)F)C1. The number of alkyl halides is 2. The van der Waals surface area contributed by atoms with Gasteiger partial charge in [-0.1, -0.05) is 0 Å². The number of aliphatic hydroxyl groups is 1. The number of amides is 1. The molecule has 76 valence electrons. The van der Waals surface area contributed by atoms with E-state index in [4.69, 9.17) is 5.11 Å². The minimum Gasteiger partial charge on any atom is -0.380 e. The zero-order valence-electron chi connectivity index (χ0n) is 7.17. The Labute approximate surface area is 74.1 Å². The number of halogens is 2. The Kier molecular flexibility index (Phi) is 2.82. The second kappa shape index (κ2) is 3.55. The fraction of sp³-hybridized carbons (Fsp3) is 0.857. The predicted octanol–water partition coefficient (Wildman–Crippen LogP) is -0.529. The highest BCUT2D eigenvalue weighted by Gasteiger charge is 2.50. The van der Waals surface area contributed by atoms with Crippen molar-refractivity contribution in [2.45, 2.75) is 12.0 Å². The molecule has 0 radical (unpaired) electrons. The van der Waals surface area contributed by atoms with Crippen LogP contribution in [0.4, 0.5) is 8.78 Å². The maximum Gasteiger partial charge on any atom is 0.270 e. The topological polar surface area (TPSA) is 49.8 Å². The molecule has 0 aromatic carbocycles. The molecular formula is C7H11F2NO3. The van der Waals surface area contributed by atoms with Crippen molar-refractivity contribution in [1.29, 1.82) is 0 Å². The summed E-state index contributed by atoms with van der Waals surface area (Å²) >= 11 is 0. The van der Waals surface area contributed by atoms with Crippen molar-refractivity contribution < 1.29 is 23.4 Å². The number of hydrogen-bond acceptors (Lipinski definition) is 3. The molecule has 0 saturated carbocycles. The van der Waals surface area contributed by atoms with Crippen LogP contribution in [-0.2, 0) is 9.53 Å². The molecule has 1 rings (SSSR count). The van der Waals surface area contributed by atoms with Crippen LogP contribution in [0.15, 0.2) is 0 Å². The smallest absolute Gasteiger partial charge is 0.270 e. The lowest BCUT2D eigenvalue weighted by atomic mass is 9.95. The van der Waals surface area contributed by atoms with Crippen LogP contribution in [0.25, 0.3) is 0 Å². The van der Waals surface area contributed by atoms with Gasteiger partial charge in [0.25, 0.3) is 6.43 Å². The van der Waals surface area contributed by atoms with Gasteiger partial charge in [0.2, 0.25) is 5.91 Å². The highest BCUT2D eigenvalue weighted by Crippen LogP contribution is 2.27. The lowest BCUT2D eigenvalue weighted by Gasteiger charge is -2.45. The van der Waals surface area contributed by atoms with E-state index < -0.39 is 12.0 Å². The standard InChI is InChI=1S/C7H11F2NO3/c1-13-2-5(11)10-3-7(12,4-10)6(8)9/h6,12H,2-4H2,1H3. The van der Waals surface area contributed by atoms with E-state index in [-0.39, 0.29) is 25.6 Å². The molecule has 0 aliphatic carbocycles. The summed E-state index contributed by atoms with van der Waals surface area (Å²) in [6, 6.07) is 0. The Bertz CT molecular complexity index is 204. The van der Waals surface area contributed by atoms with Crippen LogP contribution in [0.5, 0.6) is 0 Å². The van der Waals surface area contributed by atoms with Crippen LogP contribution in [0.2, 0.25) is 0 Å². The monoisotopic (exact) mass is 195 g/mol. The second-order valence-electron chi connectivity index (χ2n) is 3.09. The molecule has 0 atom stereocenters.